The molecule has 0 fully saturated rings. The Morgan fingerprint density at radius 2 is 2.00 bits per heavy atom. The molecule has 5 nitrogen and oxygen atoms in total. The first-order valence-electron chi connectivity index (χ1n) is 8.40. The standard InChI is InChI=1S/C20H15ClN2O3S/c1-3-17(27)26-14-8-9-16-15(10-14)19-18(11(2)25-16)20(24)23(22-19)13-6-4-12(21)5-7-13/h4-10H,3H2,1-2H3. The van der Waals surface area contributed by atoms with E-state index >= 15 is 0 Å². The van der Waals surface area contributed by atoms with Crippen LogP contribution in [0.25, 0.3) is 27.9 Å². The molecular weight excluding hydrogens is 384 g/mol. The molecule has 0 atom stereocenters. The van der Waals surface area contributed by atoms with E-state index in [2.05, 4.69) is 5.10 Å². The fourth-order valence-electron chi connectivity index (χ4n) is 2.93. The van der Waals surface area contributed by atoms with Crippen LogP contribution in [0, 0.1) is 6.92 Å². The largest absolute Gasteiger partial charge is 0.460 e. The molecule has 0 spiro atoms. The van der Waals surface area contributed by atoms with Crippen molar-refractivity contribution < 1.29 is 9.15 Å². The minimum absolute atomic E-state index is 0.245. The van der Waals surface area contributed by atoms with Gasteiger partial charge in [0.15, 0.2) is 5.05 Å². The number of aryl methyl sites for hydroxylation is 1. The van der Waals surface area contributed by atoms with E-state index in [-0.39, 0.29) is 5.56 Å². The molecule has 0 amide bonds. The lowest BCUT2D eigenvalue weighted by Gasteiger charge is -2.09. The van der Waals surface area contributed by atoms with Crippen LogP contribution in [0.15, 0.2) is 51.7 Å². The van der Waals surface area contributed by atoms with E-state index in [9.17, 15) is 4.79 Å². The van der Waals surface area contributed by atoms with E-state index in [1.54, 1.807) is 49.4 Å². The zero-order valence-electron chi connectivity index (χ0n) is 14.7. The van der Waals surface area contributed by atoms with Gasteiger partial charge in [-0.3, -0.25) is 4.79 Å². The lowest BCUT2D eigenvalue weighted by Crippen LogP contribution is -2.14. The quantitative estimate of drug-likeness (QED) is 0.446. The normalized spacial score (nSPS) is 11.2. The molecule has 27 heavy (non-hydrogen) atoms. The Morgan fingerprint density at radius 3 is 2.70 bits per heavy atom. The van der Waals surface area contributed by atoms with E-state index in [1.807, 2.05) is 6.92 Å². The van der Waals surface area contributed by atoms with Crippen LogP contribution in [-0.4, -0.2) is 14.8 Å². The van der Waals surface area contributed by atoms with Crippen LogP contribution >= 0.6 is 23.8 Å². The predicted octanol–water partition coefficient (Wildman–Crippen LogP) is 5.16. The first kappa shape index (κ1) is 17.7. The first-order valence-corrected chi connectivity index (χ1v) is 9.19. The summed E-state index contributed by atoms with van der Waals surface area (Å²) < 4.78 is 12.8. The van der Waals surface area contributed by atoms with Gasteiger partial charge in [-0.1, -0.05) is 18.5 Å². The van der Waals surface area contributed by atoms with Crippen LogP contribution in [0.2, 0.25) is 5.02 Å². The van der Waals surface area contributed by atoms with Crippen molar-refractivity contribution in [3.05, 3.63) is 63.6 Å². The maximum absolute atomic E-state index is 12.9. The summed E-state index contributed by atoms with van der Waals surface area (Å²) in [4.78, 5) is 12.9. The SMILES string of the molecule is CCC(=S)Oc1ccc2oc(C)c3c(=O)n(-c4ccc(Cl)cc4)nc-3c2c1. The maximum Gasteiger partial charge on any atom is 0.284 e. The Morgan fingerprint density at radius 1 is 1.26 bits per heavy atom. The highest BCUT2D eigenvalue weighted by Gasteiger charge is 2.23. The van der Waals surface area contributed by atoms with Crippen molar-refractivity contribution in [2.75, 3.05) is 0 Å². The van der Waals surface area contributed by atoms with E-state index in [0.717, 1.165) is 0 Å². The number of rotatable bonds is 3. The molecule has 0 saturated carbocycles. The Bertz CT molecular complexity index is 1190. The van der Waals surface area contributed by atoms with E-state index in [0.29, 0.717) is 55.9 Å². The van der Waals surface area contributed by atoms with Gasteiger partial charge >= 0.3 is 0 Å². The van der Waals surface area contributed by atoms with Crippen LogP contribution in [0.1, 0.15) is 19.1 Å². The first-order chi connectivity index (χ1) is 13.0. The van der Waals surface area contributed by atoms with Gasteiger partial charge in [-0.15, -0.1) is 0 Å². The van der Waals surface area contributed by atoms with Crippen molar-refractivity contribution in [1.29, 1.82) is 0 Å². The van der Waals surface area contributed by atoms with E-state index < -0.39 is 0 Å². The number of fused-ring (bicyclic) bond motifs is 3. The molecule has 0 aromatic heterocycles. The minimum Gasteiger partial charge on any atom is -0.460 e. The number of ether oxygens (including phenoxy) is 1. The topological polar surface area (TPSA) is 57.3 Å². The number of thiocarbonyl (C=S) groups is 1. The van der Waals surface area contributed by atoms with Gasteiger partial charge in [-0.05, 0) is 61.6 Å². The van der Waals surface area contributed by atoms with Gasteiger partial charge in [0, 0.05) is 16.8 Å². The molecule has 2 heterocycles. The summed E-state index contributed by atoms with van der Waals surface area (Å²) in [6.07, 6.45) is 0.636. The predicted molar refractivity (Wildman–Crippen MR) is 109 cm³/mol. The summed E-state index contributed by atoms with van der Waals surface area (Å²) in [6, 6.07) is 12.3. The Labute approximate surface area is 165 Å². The number of hydrogen-bond acceptors (Lipinski definition) is 5. The molecule has 2 aliphatic rings. The third kappa shape index (κ3) is 3.11. The van der Waals surface area contributed by atoms with Gasteiger partial charge in [0.05, 0.1) is 5.69 Å². The van der Waals surface area contributed by atoms with E-state index in [1.165, 1.54) is 4.68 Å². The van der Waals surface area contributed by atoms with Gasteiger partial charge in [-0.25, -0.2) is 0 Å². The second kappa shape index (κ2) is 6.79. The second-order valence-corrected chi connectivity index (χ2v) is 6.95. The Kier molecular flexibility index (Phi) is 4.45. The average Bonchev–Trinajstić information content (AvgIpc) is 3.01. The van der Waals surface area contributed by atoms with Gasteiger partial charge < -0.3 is 9.15 Å². The number of aromatic nitrogens is 2. The number of nitrogens with zero attached hydrogens (tertiary/aromatic N) is 2. The van der Waals surface area contributed by atoms with Crippen molar-refractivity contribution in [3.63, 3.8) is 0 Å². The molecule has 0 bridgehead atoms. The summed E-state index contributed by atoms with van der Waals surface area (Å²) in [6.45, 7) is 3.69. The molecule has 136 valence electrons. The van der Waals surface area contributed by atoms with Gasteiger partial charge in [0.2, 0.25) is 0 Å². The molecule has 2 aromatic carbocycles. The third-order valence-electron chi connectivity index (χ3n) is 4.26. The number of hydrogen-bond donors (Lipinski definition) is 0. The molecular formula is C20H15ClN2O3S. The fourth-order valence-corrected chi connectivity index (χ4v) is 3.15. The van der Waals surface area contributed by atoms with Crippen molar-refractivity contribution in [2.24, 2.45) is 0 Å². The van der Waals surface area contributed by atoms with Crippen molar-refractivity contribution in [1.82, 2.24) is 9.78 Å². The van der Waals surface area contributed by atoms with Crippen LogP contribution in [0.4, 0.5) is 0 Å². The van der Waals surface area contributed by atoms with Crippen LogP contribution < -0.4 is 10.3 Å². The zero-order valence-corrected chi connectivity index (χ0v) is 16.2. The molecule has 0 N–H and O–H groups in total. The van der Waals surface area contributed by atoms with E-state index in [4.69, 9.17) is 33.0 Å². The molecule has 0 saturated heterocycles. The fraction of sp³-hybridized carbons (Fsp3) is 0.150. The van der Waals surface area contributed by atoms with Gasteiger partial charge in [-0.2, -0.15) is 9.78 Å². The van der Waals surface area contributed by atoms with Gasteiger partial charge in [0.25, 0.3) is 5.56 Å². The summed E-state index contributed by atoms with van der Waals surface area (Å²) >= 11 is 11.1. The van der Waals surface area contributed by atoms with Crippen LogP contribution in [0.3, 0.4) is 0 Å². The molecule has 0 unspecified atom stereocenters. The molecule has 0 radical (unpaired) electrons. The Balaban J connectivity index is 1.96. The van der Waals surface area contributed by atoms with Gasteiger partial charge in [0.1, 0.15) is 28.4 Å². The van der Waals surface area contributed by atoms with Crippen LogP contribution in [0.5, 0.6) is 5.75 Å². The summed E-state index contributed by atoms with van der Waals surface area (Å²) in [5, 5.41) is 6.33. The summed E-state index contributed by atoms with van der Waals surface area (Å²) in [5.74, 6) is 1.10. The molecule has 0 aliphatic carbocycles. The summed E-state index contributed by atoms with van der Waals surface area (Å²) in [5.41, 5.74) is 2.00. The van der Waals surface area contributed by atoms with Crippen molar-refractivity contribution >= 4 is 39.8 Å². The average molecular weight is 399 g/mol. The second-order valence-electron chi connectivity index (χ2n) is 6.06. The highest BCUT2D eigenvalue weighted by molar-refractivity contribution is 7.80. The number of benzene rings is 2. The highest BCUT2D eigenvalue weighted by Crippen LogP contribution is 2.33. The Hall–Kier alpha value is -2.70. The minimum atomic E-state index is -0.245. The van der Waals surface area contributed by atoms with Crippen molar-refractivity contribution in [2.45, 2.75) is 20.3 Å². The highest BCUT2D eigenvalue weighted by atomic mass is 35.5. The maximum atomic E-state index is 12.9. The molecule has 7 heteroatoms. The monoisotopic (exact) mass is 398 g/mol. The molecule has 4 rings (SSSR count). The van der Waals surface area contributed by atoms with Crippen molar-refractivity contribution in [3.8, 4) is 22.7 Å². The zero-order chi connectivity index (χ0) is 19.1. The lowest BCUT2D eigenvalue weighted by molar-refractivity contribution is 0.547. The third-order valence-corrected chi connectivity index (χ3v) is 4.88. The molecule has 2 aliphatic heterocycles. The summed E-state index contributed by atoms with van der Waals surface area (Å²) in [7, 11) is 0. The number of halogens is 1. The lowest BCUT2D eigenvalue weighted by atomic mass is 10.1. The van der Waals surface area contributed by atoms with Crippen LogP contribution in [-0.2, 0) is 0 Å². The smallest absolute Gasteiger partial charge is 0.284 e. The molecule has 2 aromatic rings.